The van der Waals surface area contributed by atoms with Gasteiger partial charge in [-0.3, -0.25) is 48.5 Å². The van der Waals surface area contributed by atoms with Gasteiger partial charge in [0.25, 0.3) is 11.6 Å². The molecule has 0 saturated carbocycles. The highest BCUT2D eigenvalue weighted by atomic mass is 35.5. The number of nitrogens with zero attached hydrogens (tertiary/aromatic N) is 9. The SMILES string of the molecule is CON1CCC(C(=O)Nc2c(C)cccc2C)(N(C)C(=O)Cc2c(C)cc(Cl)cc2C)CC1.CON1CCC(C(=O)Nc2ccc([N+](=O)[O-])cc2)(N(C)C(=O)Cc2c(C)cc(Cl)cc2C)CC1.CON1CCC(C(=O)Nc2ccccc2Cl)(N(C)C(=O)Cc2c(C)cc(Cl)cc2C)CC1.COc1cc(C)ccc1NC(=O)C1(N(C)C(=O)Cc2c(C)cc(Cl)cc2C)CCN(OC)CC1. The minimum atomic E-state index is -1.10. The van der Waals surface area contributed by atoms with Crippen LogP contribution in [0.4, 0.5) is 28.4 Å². The Bertz CT molecular complexity index is 5420. The first-order valence-electron chi connectivity index (χ1n) is 44.2. The van der Waals surface area contributed by atoms with E-state index in [1.165, 1.54) is 29.2 Å². The third-order valence-electron chi connectivity index (χ3n) is 26.7. The van der Waals surface area contributed by atoms with Crippen LogP contribution in [0.5, 0.6) is 5.75 Å². The van der Waals surface area contributed by atoms with Crippen LogP contribution in [0.2, 0.25) is 25.1 Å². The molecule has 716 valence electrons. The highest BCUT2D eigenvalue weighted by Crippen LogP contribution is 2.40. The van der Waals surface area contributed by atoms with E-state index >= 15 is 0 Å². The van der Waals surface area contributed by atoms with Crippen molar-refractivity contribution in [2.75, 3.05) is 137 Å². The molecule has 8 aromatic rings. The molecule has 0 bridgehead atoms. The summed E-state index contributed by atoms with van der Waals surface area (Å²) in [7, 11) is 14.8. The molecule has 0 aliphatic carbocycles. The summed E-state index contributed by atoms with van der Waals surface area (Å²) in [6.45, 7) is 25.6. The van der Waals surface area contributed by atoms with Crippen LogP contribution in [0.3, 0.4) is 0 Å². The Hall–Kier alpha value is -10.2. The molecular weight excluding hydrogens is 1800 g/mol. The van der Waals surface area contributed by atoms with E-state index in [0.717, 1.165) is 89.1 Å². The molecule has 4 aliphatic heterocycles. The van der Waals surface area contributed by atoms with Crippen molar-refractivity contribution < 1.29 is 67.4 Å². The summed E-state index contributed by atoms with van der Waals surface area (Å²) in [6, 6.07) is 39.1. The van der Waals surface area contributed by atoms with E-state index < -0.39 is 27.1 Å². The topological polar surface area (TPSA) is 300 Å². The van der Waals surface area contributed by atoms with E-state index in [2.05, 4.69) is 21.3 Å². The average molecular weight is 1930 g/mol. The van der Waals surface area contributed by atoms with Crippen molar-refractivity contribution in [1.29, 1.82) is 0 Å². The molecule has 4 N–H and O–H groups in total. The standard InChI is InChI=1S/C26H34ClN3O4.C26H34ClN3O3.C24H29Cl2N3O3.C24H29ClN4O5/c1-17-7-8-22(23(13-17)33-5)28-25(32)26(9-11-30(34-6)12-10-26)29(4)24(31)16-21-18(2)14-20(27)15-19(21)3;1-17-8-7-9-18(2)24(17)28-25(32)26(10-12-30(33-6)13-11-26)29(5)23(31)16-22-19(3)14-21(27)15-20(22)4;1-16-13-18(25)14-17(2)19(16)15-22(30)28(3)24(9-11-29(32-4)12-10-24)23(31)27-21-8-6-5-7-20(21)26;1-16-13-18(25)14-17(2)21(16)15-22(30)27(3)24(9-11-28(34-4)12-10-24)23(31)26-19-5-7-20(8-6-19)29(32)33/h7-8,13-15H,9-12,16H2,1-6H3,(H,28,32);7-9,14-15H,10-13,16H2,1-6H3,(H,28,32);5-8,13-14H,9-12,15H2,1-4H3,(H,27,31);5-8,13-14H,9-12,15H2,1-4H3,(H,26,31). The first-order valence-corrected chi connectivity index (χ1v) is 46.0. The molecule has 4 heterocycles. The molecule has 12 rings (SSSR count). The number of para-hydroxylation sites is 2. The Morgan fingerprint density at radius 1 is 0.353 bits per heavy atom. The number of amides is 8. The number of nitro benzene ring substituents is 1. The van der Waals surface area contributed by atoms with Gasteiger partial charge in [-0.1, -0.05) is 94.4 Å². The van der Waals surface area contributed by atoms with Crippen LogP contribution < -0.4 is 26.0 Å². The summed E-state index contributed by atoms with van der Waals surface area (Å²) < 4.78 is 5.47. The number of ether oxygens (including phenoxy) is 1. The van der Waals surface area contributed by atoms with Gasteiger partial charge in [0.15, 0.2) is 0 Å². The number of nitro groups is 1. The Morgan fingerprint density at radius 3 is 0.910 bits per heavy atom. The molecule has 133 heavy (non-hydrogen) atoms. The van der Waals surface area contributed by atoms with E-state index in [9.17, 15) is 48.5 Å². The second-order valence-corrected chi connectivity index (χ2v) is 36.9. The van der Waals surface area contributed by atoms with Gasteiger partial charge in [-0.15, -0.1) is 0 Å². The molecule has 0 aromatic heterocycles. The molecule has 8 amide bonds. The molecule has 33 heteroatoms. The van der Waals surface area contributed by atoms with Crippen molar-refractivity contribution >= 4 is 134 Å². The van der Waals surface area contributed by atoms with Crippen molar-refractivity contribution in [1.82, 2.24) is 39.9 Å². The molecule has 0 spiro atoms. The lowest BCUT2D eigenvalue weighted by molar-refractivity contribution is -0.384. The summed E-state index contributed by atoms with van der Waals surface area (Å²) >= 11 is 30.9. The normalized spacial score (nSPS) is 15.7. The average Bonchev–Trinajstić information content (AvgIpc) is 0.776. The molecule has 4 saturated heterocycles. The van der Waals surface area contributed by atoms with E-state index in [4.69, 9.17) is 82.1 Å². The van der Waals surface area contributed by atoms with E-state index in [0.29, 0.717) is 152 Å². The maximum absolute atomic E-state index is 13.8. The number of aryl methyl sites for hydroxylation is 11. The lowest BCUT2D eigenvalue weighted by Crippen LogP contribution is -2.62. The largest absolute Gasteiger partial charge is 0.495 e. The molecular formula is C100H126Cl5N13O15. The van der Waals surface area contributed by atoms with Gasteiger partial charge in [0, 0.05) is 124 Å². The molecule has 28 nitrogen and oxygen atoms in total. The third kappa shape index (κ3) is 25.9. The minimum Gasteiger partial charge on any atom is -0.495 e. The lowest BCUT2D eigenvalue weighted by atomic mass is 9.84. The van der Waals surface area contributed by atoms with Crippen molar-refractivity contribution in [3.63, 3.8) is 0 Å². The first-order chi connectivity index (χ1) is 62.9. The number of nitrogens with one attached hydrogen (secondary N) is 4. The fourth-order valence-corrected chi connectivity index (χ4v) is 19.5. The maximum Gasteiger partial charge on any atom is 0.269 e. The molecule has 0 atom stereocenters. The Labute approximate surface area is 806 Å². The summed E-state index contributed by atoms with van der Waals surface area (Å²) in [5.74, 6) is -0.909. The van der Waals surface area contributed by atoms with E-state index in [-0.39, 0.29) is 78.6 Å². The second kappa shape index (κ2) is 47.4. The number of anilines is 4. The highest BCUT2D eigenvalue weighted by Gasteiger charge is 2.52. The predicted octanol–water partition coefficient (Wildman–Crippen LogP) is 17.5. The first kappa shape index (κ1) is 107. The van der Waals surface area contributed by atoms with Crippen LogP contribution in [0.25, 0.3) is 0 Å². The number of piperidine rings is 4. The van der Waals surface area contributed by atoms with Crippen LogP contribution in [0, 0.1) is 86.3 Å². The number of hydroxylamine groups is 8. The number of benzene rings is 8. The number of hydrogen-bond donors (Lipinski definition) is 4. The predicted molar refractivity (Wildman–Crippen MR) is 525 cm³/mol. The van der Waals surface area contributed by atoms with Gasteiger partial charge >= 0.3 is 0 Å². The zero-order valence-corrected chi connectivity index (χ0v) is 83.7. The molecule has 4 fully saturated rings. The van der Waals surface area contributed by atoms with E-state index in [1.54, 1.807) is 107 Å². The third-order valence-corrected chi connectivity index (χ3v) is 27.9. The quantitative estimate of drug-likeness (QED) is 0.0289. The molecule has 0 radical (unpaired) electrons. The number of likely N-dealkylation sites (N-methyl/N-ethyl adjacent to an activating group) is 4. The van der Waals surface area contributed by atoms with Crippen molar-refractivity contribution in [2.24, 2.45) is 0 Å². The van der Waals surface area contributed by atoms with Crippen LogP contribution in [-0.2, 0) is 83.4 Å². The Kier molecular flexibility index (Phi) is 37.9. The highest BCUT2D eigenvalue weighted by molar-refractivity contribution is 6.34. The van der Waals surface area contributed by atoms with Crippen molar-refractivity contribution in [2.45, 2.75) is 175 Å². The maximum atomic E-state index is 13.8. The summed E-state index contributed by atoms with van der Waals surface area (Å²) in [5.41, 5.74) is 12.5. The number of hydrogen-bond acceptors (Lipinski definition) is 19. The Balaban J connectivity index is 0.000000199. The number of rotatable bonds is 26. The number of methoxy groups -OCH3 is 1. The smallest absolute Gasteiger partial charge is 0.269 e. The van der Waals surface area contributed by atoms with Crippen LogP contribution >= 0.6 is 58.0 Å². The summed E-state index contributed by atoms with van der Waals surface area (Å²) in [4.78, 5) is 147. The van der Waals surface area contributed by atoms with Crippen LogP contribution in [0.1, 0.15) is 135 Å². The molecule has 8 aromatic carbocycles. The number of carbonyl (C=O) groups excluding carboxylic acids is 8. The van der Waals surface area contributed by atoms with Gasteiger partial charge in [-0.2, -0.15) is 20.3 Å². The zero-order chi connectivity index (χ0) is 97.9. The van der Waals surface area contributed by atoms with Gasteiger partial charge in [0.1, 0.15) is 27.9 Å². The van der Waals surface area contributed by atoms with Crippen molar-refractivity contribution in [3.05, 3.63) is 252 Å². The lowest BCUT2D eigenvalue weighted by Gasteiger charge is -2.45. The van der Waals surface area contributed by atoms with Gasteiger partial charge in [0.05, 0.1) is 82.6 Å². The molecule has 0 unspecified atom stereocenters. The van der Waals surface area contributed by atoms with Crippen molar-refractivity contribution in [3.8, 4) is 5.75 Å². The summed E-state index contributed by atoms with van der Waals surface area (Å²) in [5, 5.41) is 33.1. The number of carbonyl (C=O) groups is 8. The second-order valence-electron chi connectivity index (χ2n) is 34.7. The fourth-order valence-electron chi connectivity index (χ4n) is 18.0. The van der Waals surface area contributed by atoms with Gasteiger partial charge < -0.3 is 65.0 Å². The van der Waals surface area contributed by atoms with Gasteiger partial charge in [0.2, 0.25) is 41.4 Å². The zero-order valence-electron chi connectivity index (χ0n) is 79.9. The van der Waals surface area contributed by atoms with Gasteiger partial charge in [-0.05, 0) is 296 Å². The van der Waals surface area contributed by atoms with E-state index in [1.807, 2.05) is 177 Å². The van der Waals surface area contributed by atoms with Gasteiger partial charge in [-0.25, -0.2) is 0 Å². The minimum absolute atomic E-state index is 0.0675. The summed E-state index contributed by atoms with van der Waals surface area (Å²) in [6.07, 6.45) is 4.25. The fraction of sp³-hybridized carbons (Fsp3) is 0.440. The Morgan fingerprint density at radius 2 is 0.632 bits per heavy atom. The molecule has 4 aliphatic rings. The number of non-ortho nitro benzene ring substituents is 1. The monoisotopic (exact) mass is 1920 g/mol. The number of halogens is 5. The van der Waals surface area contributed by atoms with Crippen LogP contribution in [0.15, 0.2) is 133 Å². The van der Waals surface area contributed by atoms with Crippen LogP contribution in [-0.4, -0.2) is 230 Å².